The van der Waals surface area contributed by atoms with E-state index in [0.717, 1.165) is 25.7 Å². The number of hydrogen-bond donors (Lipinski definition) is 2. The van der Waals surface area contributed by atoms with Crippen molar-refractivity contribution in [2.75, 3.05) is 19.8 Å². The predicted octanol–water partition coefficient (Wildman–Crippen LogP) is 1.84. The lowest BCUT2D eigenvalue weighted by Gasteiger charge is -2.23. The Morgan fingerprint density at radius 2 is 1.81 bits per heavy atom. The highest BCUT2D eigenvalue weighted by Crippen LogP contribution is 2.17. The molecule has 1 aromatic rings. The predicted molar refractivity (Wildman–Crippen MR) is 116 cm³/mol. The van der Waals surface area contributed by atoms with E-state index >= 15 is 0 Å². The Morgan fingerprint density at radius 3 is 2.48 bits per heavy atom. The molecule has 0 radical (unpaired) electrons. The summed E-state index contributed by atoms with van der Waals surface area (Å²) in [7, 11) is -3.91. The quantitative estimate of drug-likeness (QED) is 0.610. The van der Waals surface area contributed by atoms with Crippen molar-refractivity contribution >= 4 is 27.5 Å². The molecule has 2 atom stereocenters. The van der Waals surface area contributed by atoms with Crippen molar-refractivity contribution in [2.24, 2.45) is 11.8 Å². The van der Waals surface area contributed by atoms with Gasteiger partial charge in [0, 0.05) is 19.6 Å². The van der Waals surface area contributed by atoms with Crippen LogP contribution in [-0.2, 0) is 29.1 Å². The van der Waals surface area contributed by atoms with Crippen molar-refractivity contribution < 1.29 is 27.5 Å². The van der Waals surface area contributed by atoms with E-state index in [9.17, 15) is 22.8 Å². The zero-order valence-corrected chi connectivity index (χ0v) is 18.9. The zero-order valence-electron chi connectivity index (χ0n) is 18.1. The van der Waals surface area contributed by atoms with Crippen LogP contribution in [0.4, 0.5) is 0 Å². The van der Waals surface area contributed by atoms with Crippen LogP contribution in [-0.4, -0.2) is 51.7 Å². The smallest absolute Gasteiger partial charge is 0.287 e. The second-order valence-corrected chi connectivity index (χ2v) is 9.85. The number of rotatable bonds is 7. The molecular formula is C22H32N2O6S. The molecular weight excluding hydrogens is 420 g/mol. The summed E-state index contributed by atoms with van der Waals surface area (Å²) in [6.07, 6.45) is 3.25. The first-order valence-corrected chi connectivity index (χ1v) is 12.2. The van der Waals surface area contributed by atoms with Gasteiger partial charge in [0.05, 0.1) is 23.5 Å². The van der Waals surface area contributed by atoms with E-state index in [4.69, 9.17) is 4.74 Å². The molecule has 1 heterocycles. The molecule has 9 heteroatoms. The molecule has 172 valence electrons. The number of carbonyl (C=O) groups excluding carboxylic acids is 3. The van der Waals surface area contributed by atoms with Crippen LogP contribution in [0, 0.1) is 11.8 Å². The van der Waals surface area contributed by atoms with E-state index in [-0.39, 0.29) is 23.8 Å². The standard InChI is InChI=1S/C22H32N2O6S/c1-16(2)20(24-31(28,29)18-10-6-5-7-11-18)19(25)14-17-15-30-13-9-4-3-8-12-23-22(27)21(17)26/h5-7,10-11,16-17,20,24H,3-4,8-9,12-15H2,1-2H3,(H,23,27). The summed E-state index contributed by atoms with van der Waals surface area (Å²) < 4.78 is 33.4. The van der Waals surface area contributed by atoms with E-state index in [0.29, 0.717) is 13.2 Å². The molecule has 1 aromatic carbocycles. The third kappa shape index (κ3) is 7.83. The van der Waals surface area contributed by atoms with Gasteiger partial charge in [-0.3, -0.25) is 14.4 Å². The largest absolute Gasteiger partial charge is 0.381 e. The van der Waals surface area contributed by atoms with Gasteiger partial charge in [0.25, 0.3) is 5.91 Å². The van der Waals surface area contributed by atoms with E-state index in [1.807, 2.05) is 0 Å². The zero-order chi connectivity index (χ0) is 22.9. The fraction of sp³-hybridized carbons (Fsp3) is 0.591. The summed E-state index contributed by atoms with van der Waals surface area (Å²) in [5, 5.41) is 2.60. The molecule has 2 N–H and O–H groups in total. The van der Waals surface area contributed by atoms with Crippen molar-refractivity contribution in [1.82, 2.24) is 10.0 Å². The average molecular weight is 453 g/mol. The SMILES string of the molecule is CC(C)C(NS(=O)(=O)c1ccccc1)C(=O)CC1COCCCCCCNC(=O)C1=O. The molecule has 1 amide bonds. The fourth-order valence-electron chi connectivity index (χ4n) is 3.39. The van der Waals surface area contributed by atoms with Gasteiger partial charge < -0.3 is 10.1 Å². The van der Waals surface area contributed by atoms with Crippen LogP contribution in [0.5, 0.6) is 0 Å². The molecule has 0 saturated carbocycles. The van der Waals surface area contributed by atoms with E-state index in [1.165, 1.54) is 12.1 Å². The van der Waals surface area contributed by atoms with E-state index in [1.54, 1.807) is 32.0 Å². The van der Waals surface area contributed by atoms with Gasteiger partial charge in [0.1, 0.15) is 0 Å². The molecule has 1 aliphatic heterocycles. The number of ketones is 2. The molecule has 2 unspecified atom stereocenters. The Kier molecular flexibility index (Phi) is 9.80. The maximum atomic E-state index is 13.0. The number of ether oxygens (including phenoxy) is 1. The second-order valence-electron chi connectivity index (χ2n) is 8.13. The molecule has 2 rings (SSSR count). The number of nitrogens with one attached hydrogen (secondary N) is 2. The van der Waals surface area contributed by atoms with Crippen LogP contribution < -0.4 is 10.0 Å². The van der Waals surface area contributed by atoms with Crippen LogP contribution in [0.3, 0.4) is 0 Å². The molecule has 0 aliphatic carbocycles. The highest BCUT2D eigenvalue weighted by molar-refractivity contribution is 7.89. The molecule has 8 nitrogen and oxygen atoms in total. The number of amides is 1. The molecule has 31 heavy (non-hydrogen) atoms. The van der Waals surface area contributed by atoms with Crippen molar-refractivity contribution in [3.8, 4) is 0 Å². The van der Waals surface area contributed by atoms with Gasteiger partial charge in [-0.15, -0.1) is 0 Å². The highest BCUT2D eigenvalue weighted by atomic mass is 32.2. The maximum absolute atomic E-state index is 13.0. The normalized spacial score (nSPS) is 20.4. The Balaban J connectivity index is 2.14. The minimum atomic E-state index is -3.91. The summed E-state index contributed by atoms with van der Waals surface area (Å²) in [6, 6.07) is 6.75. The first-order chi connectivity index (χ1) is 14.7. The van der Waals surface area contributed by atoms with Gasteiger partial charge >= 0.3 is 0 Å². The number of Topliss-reactive ketones (excluding diaryl/α,β-unsaturated/α-hetero) is 2. The molecule has 1 fully saturated rings. The van der Waals surface area contributed by atoms with Crippen molar-refractivity contribution in [3.63, 3.8) is 0 Å². The Hall–Kier alpha value is -2.10. The summed E-state index contributed by atoms with van der Waals surface area (Å²) in [6.45, 7) is 4.27. The number of sulfonamides is 1. The van der Waals surface area contributed by atoms with Crippen molar-refractivity contribution in [2.45, 2.75) is 56.9 Å². The van der Waals surface area contributed by atoms with Gasteiger partial charge in [-0.25, -0.2) is 13.1 Å². The summed E-state index contributed by atoms with van der Waals surface area (Å²) in [4.78, 5) is 37.9. The highest BCUT2D eigenvalue weighted by Gasteiger charge is 2.33. The minimum absolute atomic E-state index is 0.0474. The molecule has 0 aromatic heterocycles. The van der Waals surface area contributed by atoms with Gasteiger partial charge in [0.2, 0.25) is 15.8 Å². The summed E-state index contributed by atoms with van der Waals surface area (Å²) >= 11 is 0. The summed E-state index contributed by atoms with van der Waals surface area (Å²) in [5.74, 6) is -3.18. The Morgan fingerprint density at radius 1 is 1.13 bits per heavy atom. The lowest BCUT2D eigenvalue weighted by atomic mass is 9.91. The van der Waals surface area contributed by atoms with Crippen LogP contribution in [0.1, 0.15) is 46.0 Å². The lowest BCUT2D eigenvalue weighted by molar-refractivity contribution is -0.142. The number of benzene rings is 1. The van der Waals surface area contributed by atoms with Crippen molar-refractivity contribution in [3.05, 3.63) is 30.3 Å². The molecule has 0 spiro atoms. The molecule has 0 bridgehead atoms. The number of hydrogen-bond acceptors (Lipinski definition) is 6. The van der Waals surface area contributed by atoms with Crippen molar-refractivity contribution in [1.29, 1.82) is 0 Å². The fourth-order valence-corrected chi connectivity index (χ4v) is 4.78. The second kappa shape index (κ2) is 12.1. The van der Waals surface area contributed by atoms with E-state index in [2.05, 4.69) is 10.0 Å². The van der Waals surface area contributed by atoms with Gasteiger partial charge in [-0.2, -0.15) is 0 Å². The Labute approximate surface area is 184 Å². The third-order valence-corrected chi connectivity index (χ3v) is 6.67. The van der Waals surface area contributed by atoms with Gasteiger partial charge in [-0.1, -0.05) is 44.9 Å². The van der Waals surface area contributed by atoms with Crippen LogP contribution >= 0.6 is 0 Å². The number of carbonyl (C=O) groups is 3. The average Bonchev–Trinajstić information content (AvgIpc) is 2.74. The molecule has 1 saturated heterocycles. The van der Waals surface area contributed by atoms with Crippen LogP contribution in [0.25, 0.3) is 0 Å². The topological polar surface area (TPSA) is 119 Å². The van der Waals surface area contributed by atoms with Crippen LogP contribution in [0.2, 0.25) is 0 Å². The van der Waals surface area contributed by atoms with Gasteiger partial charge in [-0.05, 0) is 30.9 Å². The maximum Gasteiger partial charge on any atom is 0.287 e. The van der Waals surface area contributed by atoms with Gasteiger partial charge in [0.15, 0.2) is 5.78 Å². The minimum Gasteiger partial charge on any atom is -0.381 e. The summed E-state index contributed by atoms with van der Waals surface area (Å²) in [5.41, 5.74) is 0. The molecule has 1 aliphatic rings. The first-order valence-electron chi connectivity index (χ1n) is 10.7. The third-order valence-electron chi connectivity index (χ3n) is 5.21. The monoisotopic (exact) mass is 452 g/mol. The first kappa shape index (κ1) is 25.2. The Bertz CT molecular complexity index is 854. The lowest BCUT2D eigenvalue weighted by Crippen LogP contribution is -2.46. The van der Waals surface area contributed by atoms with E-state index < -0.39 is 39.5 Å². The van der Waals surface area contributed by atoms with Crippen LogP contribution in [0.15, 0.2) is 35.2 Å².